The number of carbonyl (C=O) groups excluding carboxylic acids is 1. The zero-order valence-electron chi connectivity index (χ0n) is 13.6. The van der Waals surface area contributed by atoms with Crippen LogP contribution in [0.15, 0.2) is 11.6 Å². The van der Waals surface area contributed by atoms with Crippen molar-refractivity contribution < 1.29 is 4.79 Å². The van der Waals surface area contributed by atoms with Crippen LogP contribution in [0.5, 0.6) is 0 Å². The highest BCUT2D eigenvalue weighted by Crippen LogP contribution is 2.60. The van der Waals surface area contributed by atoms with Crippen molar-refractivity contribution >= 4 is 5.78 Å². The Morgan fingerprint density at radius 1 is 1.10 bits per heavy atom. The van der Waals surface area contributed by atoms with Crippen molar-refractivity contribution in [1.29, 1.82) is 0 Å². The zero-order valence-corrected chi connectivity index (χ0v) is 13.6. The van der Waals surface area contributed by atoms with Gasteiger partial charge in [0.2, 0.25) is 0 Å². The molecule has 0 aromatic rings. The van der Waals surface area contributed by atoms with E-state index < -0.39 is 0 Å². The topological polar surface area (TPSA) is 29.1 Å². The summed E-state index contributed by atoms with van der Waals surface area (Å²) in [5.41, 5.74) is 2.21. The molecule has 0 aromatic heterocycles. The van der Waals surface area contributed by atoms with E-state index in [1.807, 2.05) is 6.08 Å². The lowest BCUT2D eigenvalue weighted by Gasteiger charge is -2.60. The van der Waals surface area contributed by atoms with Crippen LogP contribution in [0.4, 0.5) is 0 Å². The number of allylic oxidation sites excluding steroid dienone is 2. The molecular formula is C19H29NO. The first-order valence-corrected chi connectivity index (χ1v) is 9.02. The molecule has 116 valence electrons. The van der Waals surface area contributed by atoms with E-state index in [9.17, 15) is 4.79 Å². The molecule has 1 aliphatic heterocycles. The molecule has 3 fully saturated rings. The van der Waals surface area contributed by atoms with Crippen LogP contribution in [-0.4, -0.2) is 17.9 Å². The van der Waals surface area contributed by atoms with Crippen molar-refractivity contribution in [2.45, 2.75) is 70.8 Å². The molecule has 2 heteroatoms. The van der Waals surface area contributed by atoms with Gasteiger partial charge in [-0.1, -0.05) is 12.5 Å². The minimum atomic E-state index is 0.329. The van der Waals surface area contributed by atoms with Gasteiger partial charge in [-0.25, -0.2) is 0 Å². The Balaban J connectivity index is 1.68. The van der Waals surface area contributed by atoms with Gasteiger partial charge in [-0.3, -0.25) is 4.79 Å². The summed E-state index contributed by atoms with van der Waals surface area (Å²) in [7, 11) is 0. The minimum Gasteiger partial charge on any atom is -0.311 e. The van der Waals surface area contributed by atoms with Crippen molar-refractivity contribution in [3.8, 4) is 0 Å². The molecule has 1 saturated heterocycles. The molecule has 0 radical (unpaired) electrons. The Labute approximate surface area is 128 Å². The van der Waals surface area contributed by atoms with Gasteiger partial charge in [0.25, 0.3) is 0 Å². The number of piperidine rings is 1. The summed E-state index contributed by atoms with van der Waals surface area (Å²) >= 11 is 0. The Morgan fingerprint density at radius 2 is 1.95 bits per heavy atom. The SMILES string of the molecule is CC12CCC3C(CCC4=CC(=O)CCC43C)C1CCCN2. The van der Waals surface area contributed by atoms with Gasteiger partial charge >= 0.3 is 0 Å². The highest BCUT2D eigenvalue weighted by molar-refractivity contribution is 5.91. The first kappa shape index (κ1) is 14.0. The predicted octanol–water partition coefficient (Wildman–Crippen LogP) is 3.86. The highest BCUT2D eigenvalue weighted by atomic mass is 16.1. The minimum absolute atomic E-state index is 0.329. The Kier molecular flexibility index (Phi) is 3.12. The number of hydrogen-bond donors (Lipinski definition) is 1. The van der Waals surface area contributed by atoms with Gasteiger partial charge in [0.15, 0.2) is 5.78 Å². The Morgan fingerprint density at radius 3 is 2.81 bits per heavy atom. The van der Waals surface area contributed by atoms with Crippen LogP contribution >= 0.6 is 0 Å². The normalized spacial score (nSPS) is 49.7. The molecule has 0 spiro atoms. The number of nitrogens with one attached hydrogen (secondary N) is 1. The van der Waals surface area contributed by atoms with Gasteiger partial charge in [0.05, 0.1) is 0 Å². The largest absolute Gasteiger partial charge is 0.311 e. The van der Waals surface area contributed by atoms with Crippen LogP contribution in [-0.2, 0) is 4.79 Å². The van der Waals surface area contributed by atoms with E-state index >= 15 is 0 Å². The van der Waals surface area contributed by atoms with E-state index in [1.165, 1.54) is 50.6 Å². The van der Waals surface area contributed by atoms with Crippen LogP contribution in [0.25, 0.3) is 0 Å². The van der Waals surface area contributed by atoms with Crippen LogP contribution in [0, 0.1) is 23.2 Å². The van der Waals surface area contributed by atoms with Crippen LogP contribution in [0.1, 0.15) is 65.2 Å². The van der Waals surface area contributed by atoms with E-state index in [-0.39, 0.29) is 0 Å². The molecule has 2 saturated carbocycles. The van der Waals surface area contributed by atoms with E-state index in [0.29, 0.717) is 16.7 Å². The second-order valence-corrected chi connectivity index (χ2v) is 8.49. The van der Waals surface area contributed by atoms with E-state index in [2.05, 4.69) is 19.2 Å². The van der Waals surface area contributed by atoms with Gasteiger partial charge < -0.3 is 5.32 Å². The summed E-state index contributed by atoms with van der Waals surface area (Å²) in [6.07, 6.45) is 11.9. The third-order valence-corrected chi connectivity index (χ3v) is 7.57. The van der Waals surface area contributed by atoms with E-state index in [0.717, 1.165) is 30.6 Å². The molecule has 0 aromatic carbocycles. The van der Waals surface area contributed by atoms with E-state index in [1.54, 1.807) is 0 Å². The van der Waals surface area contributed by atoms with Crippen molar-refractivity contribution in [3.63, 3.8) is 0 Å². The lowest BCUT2D eigenvalue weighted by Crippen LogP contribution is -2.61. The summed E-state index contributed by atoms with van der Waals surface area (Å²) in [6.45, 7) is 6.16. The molecule has 21 heavy (non-hydrogen) atoms. The third-order valence-electron chi connectivity index (χ3n) is 7.57. The molecule has 0 bridgehead atoms. The lowest BCUT2D eigenvalue weighted by atomic mass is 9.47. The van der Waals surface area contributed by atoms with Crippen LogP contribution in [0.3, 0.4) is 0 Å². The lowest BCUT2D eigenvalue weighted by molar-refractivity contribution is -0.117. The standard InChI is InChI=1S/C19H29NO/c1-18-9-7-14(21)12-13(18)5-6-15-16(18)8-10-19(2)17(15)4-3-11-20-19/h12,15-17,20H,3-11H2,1-2H3. The first-order chi connectivity index (χ1) is 10.0. The zero-order chi connectivity index (χ0) is 14.7. The summed E-state index contributed by atoms with van der Waals surface area (Å²) < 4.78 is 0. The number of rotatable bonds is 0. The molecule has 1 N–H and O–H groups in total. The smallest absolute Gasteiger partial charge is 0.155 e. The second kappa shape index (κ2) is 4.68. The van der Waals surface area contributed by atoms with Crippen LogP contribution < -0.4 is 5.32 Å². The average molecular weight is 287 g/mol. The molecule has 1 heterocycles. The van der Waals surface area contributed by atoms with Gasteiger partial charge in [0.1, 0.15) is 0 Å². The number of fused-ring (bicyclic) bond motifs is 5. The summed E-state index contributed by atoms with van der Waals surface area (Å²) in [4.78, 5) is 11.8. The molecule has 3 aliphatic carbocycles. The Bertz CT molecular complexity index is 496. The Hall–Kier alpha value is -0.630. The highest BCUT2D eigenvalue weighted by Gasteiger charge is 2.55. The predicted molar refractivity (Wildman–Crippen MR) is 85.0 cm³/mol. The molecule has 4 aliphatic rings. The molecule has 0 amide bonds. The molecule has 4 rings (SSSR count). The monoisotopic (exact) mass is 287 g/mol. The van der Waals surface area contributed by atoms with Gasteiger partial charge in [-0.05, 0) is 87.7 Å². The fraction of sp³-hybridized carbons (Fsp3) is 0.842. The second-order valence-electron chi connectivity index (χ2n) is 8.49. The maximum Gasteiger partial charge on any atom is 0.155 e. The van der Waals surface area contributed by atoms with Gasteiger partial charge in [0, 0.05) is 12.0 Å². The van der Waals surface area contributed by atoms with Crippen molar-refractivity contribution in [2.75, 3.05) is 6.54 Å². The number of ketones is 1. The third kappa shape index (κ3) is 1.98. The number of hydrogen-bond acceptors (Lipinski definition) is 2. The van der Waals surface area contributed by atoms with E-state index in [4.69, 9.17) is 0 Å². The summed E-state index contributed by atoms with van der Waals surface area (Å²) in [6, 6.07) is 0. The molecule has 5 unspecified atom stereocenters. The molecular weight excluding hydrogens is 258 g/mol. The van der Waals surface area contributed by atoms with Crippen molar-refractivity contribution in [3.05, 3.63) is 11.6 Å². The maximum atomic E-state index is 11.8. The maximum absolute atomic E-state index is 11.8. The fourth-order valence-electron chi connectivity index (χ4n) is 6.33. The summed E-state index contributed by atoms with van der Waals surface area (Å²) in [5, 5.41) is 3.85. The molecule has 2 nitrogen and oxygen atoms in total. The van der Waals surface area contributed by atoms with Crippen molar-refractivity contribution in [2.24, 2.45) is 23.2 Å². The van der Waals surface area contributed by atoms with Crippen molar-refractivity contribution in [1.82, 2.24) is 5.32 Å². The van der Waals surface area contributed by atoms with Crippen LogP contribution in [0.2, 0.25) is 0 Å². The quantitative estimate of drug-likeness (QED) is 0.733. The fourth-order valence-corrected chi connectivity index (χ4v) is 6.33. The number of carbonyl (C=O) groups is 1. The first-order valence-electron chi connectivity index (χ1n) is 9.02. The average Bonchev–Trinajstić information content (AvgIpc) is 2.47. The molecule has 5 atom stereocenters. The summed E-state index contributed by atoms with van der Waals surface area (Å²) in [5.74, 6) is 2.94. The van der Waals surface area contributed by atoms with Gasteiger partial charge in [-0.2, -0.15) is 0 Å². The van der Waals surface area contributed by atoms with Gasteiger partial charge in [-0.15, -0.1) is 0 Å².